The number of ether oxygens (including phenoxy) is 1. The molecular weight excluding hydrogens is 296 g/mol. The van der Waals surface area contributed by atoms with Crippen molar-refractivity contribution in [3.63, 3.8) is 0 Å². The van der Waals surface area contributed by atoms with Crippen molar-refractivity contribution in [2.24, 2.45) is 0 Å². The van der Waals surface area contributed by atoms with E-state index in [1.165, 1.54) is 0 Å². The van der Waals surface area contributed by atoms with E-state index in [9.17, 15) is 9.59 Å². The number of carboxylic acid groups (broad SMARTS) is 1. The fraction of sp³-hybridized carbons (Fsp3) is 0.529. The molecule has 1 aromatic carbocycles. The van der Waals surface area contributed by atoms with Crippen molar-refractivity contribution in [3.05, 3.63) is 29.8 Å². The second kappa shape index (κ2) is 6.89. The maximum atomic E-state index is 12.0. The Balaban J connectivity index is 1.89. The molecule has 2 rings (SSSR count). The number of hydrogen-bond donors (Lipinski definition) is 1. The van der Waals surface area contributed by atoms with Gasteiger partial charge in [0.15, 0.2) is 0 Å². The molecule has 23 heavy (non-hydrogen) atoms. The molecule has 1 saturated heterocycles. The average Bonchev–Trinajstić information content (AvgIpc) is 2.46. The molecule has 1 fully saturated rings. The second-order valence-corrected chi connectivity index (χ2v) is 6.69. The van der Waals surface area contributed by atoms with Crippen molar-refractivity contribution in [2.45, 2.75) is 32.8 Å². The Bertz CT molecular complexity index is 555. The molecule has 0 bridgehead atoms. The minimum atomic E-state index is -0.830. The van der Waals surface area contributed by atoms with Crippen LogP contribution in [0.3, 0.4) is 0 Å². The van der Waals surface area contributed by atoms with Gasteiger partial charge in [0.2, 0.25) is 0 Å². The van der Waals surface area contributed by atoms with E-state index in [0.717, 1.165) is 24.3 Å². The van der Waals surface area contributed by atoms with E-state index in [0.29, 0.717) is 13.1 Å². The Kier molecular flexibility index (Phi) is 5.13. The van der Waals surface area contributed by atoms with E-state index >= 15 is 0 Å². The molecule has 6 nitrogen and oxygen atoms in total. The van der Waals surface area contributed by atoms with Crippen LogP contribution in [0.15, 0.2) is 24.3 Å². The number of anilines is 1. The van der Waals surface area contributed by atoms with Crippen molar-refractivity contribution in [1.82, 2.24) is 4.90 Å². The number of rotatable bonds is 3. The van der Waals surface area contributed by atoms with Crippen LogP contribution in [0.5, 0.6) is 0 Å². The van der Waals surface area contributed by atoms with Crippen LogP contribution in [0.25, 0.3) is 0 Å². The smallest absolute Gasteiger partial charge is 0.410 e. The number of aliphatic carboxylic acids is 1. The quantitative estimate of drug-likeness (QED) is 0.926. The minimum Gasteiger partial charge on any atom is -0.481 e. The van der Waals surface area contributed by atoms with E-state index < -0.39 is 11.6 Å². The van der Waals surface area contributed by atoms with Crippen molar-refractivity contribution in [3.8, 4) is 0 Å². The molecule has 0 radical (unpaired) electrons. The van der Waals surface area contributed by atoms with Crippen molar-refractivity contribution in [2.75, 3.05) is 31.1 Å². The third-order valence-corrected chi connectivity index (χ3v) is 3.59. The summed E-state index contributed by atoms with van der Waals surface area (Å²) in [5.41, 5.74) is 1.35. The van der Waals surface area contributed by atoms with Gasteiger partial charge in [-0.2, -0.15) is 0 Å². The zero-order chi connectivity index (χ0) is 17.0. The monoisotopic (exact) mass is 320 g/mol. The Morgan fingerprint density at radius 1 is 1.09 bits per heavy atom. The third-order valence-electron chi connectivity index (χ3n) is 3.59. The summed E-state index contributed by atoms with van der Waals surface area (Å²) in [5, 5.41) is 8.79. The van der Waals surface area contributed by atoms with Crippen LogP contribution < -0.4 is 4.90 Å². The largest absolute Gasteiger partial charge is 0.481 e. The molecule has 0 saturated carbocycles. The van der Waals surface area contributed by atoms with Gasteiger partial charge in [0.05, 0.1) is 6.42 Å². The Hall–Kier alpha value is -2.24. The first-order valence-corrected chi connectivity index (χ1v) is 7.78. The Labute approximate surface area is 136 Å². The van der Waals surface area contributed by atoms with E-state index in [4.69, 9.17) is 9.84 Å². The summed E-state index contributed by atoms with van der Waals surface area (Å²) in [6, 6.07) is 7.54. The van der Waals surface area contributed by atoms with Crippen LogP contribution >= 0.6 is 0 Å². The lowest BCUT2D eigenvalue weighted by molar-refractivity contribution is -0.136. The Morgan fingerprint density at radius 2 is 1.65 bits per heavy atom. The molecule has 1 heterocycles. The molecule has 0 aliphatic carbocycles. The molecular formula is C17H24N2O4. The fourth-order valence-corrected chi connectivity index (χ4v) is 2.47. The number of carbonyl (C=O) groups excluding carboxylic acids is 1. The normalized spacial score (nSPS) is 15.4. The van der Waals surface area contributed by atoms with Crippen molar-refractivity contribution < 1.29 is 19.4 Å². The summed E-state index contributed by atoms with van der Waals surface area (Å²) in [6.07, 6.45) is -0.235. The topological polar surface area (TPSA) is 70.1 Å². The predicted octanol–water partition coefficient (Wildman–Crippen LogP) is 2.37. The van der Waals surface area contributed by atoms with E-state index in [2.05, 4.69) is 4.90 Å². The van der Waals surface area contributed by atoms with E-state index in [1.807, 2.05) is 45.0 Å². The van der Waals surface area contributed by atoms with Crippen molar-refractivity contribution in [1.29, 1.82) is 0 Å². The molecule has 1 amide bonds. The van der Waals surface area contributed by atoms with Gasteiger partial charge < -0.3 is 19.6 Å². The highest BCUT2D eigenvalue weighted by molar-refractivity contribution is 5.70. The van der Waals surface area contributed by atoms with Gasteiger partial charge in [-0.3, -0.25) is 4.79 Å². The molecule has 0 unspecified atom stereocenters. The Morgan fingerprint density at radius 3 is 2.13 bits per heavy atom. The highest BCUT2D eigenvalue weighted by Gasteiger charge is 2.25. The molecule has 1 aromatic rings. The first-order chi connectivity index (χ1) is 10.7. The molecule has 1 N–H and O–H groups in total. The lowest BCUT2D eigenvalue weighted by Crippen LogP contribution is -2.50. The minimum absolute atomic E-state index is 0.0344. The van der Waals surface area contributed by atoms with Gasteiger partial charge in [0.1, 0.15) is 5.60 Å². The van der Waals surface area contributed by atoms with Gasteiger partial charge in [-0.1, -0.05) is 12.1 Å². The number of carboxylic acids is 1. The SMILES string of the molecule is CC(C)(C)OC(=O)N1CCN(c2ccc(CC(=O)O)cc2)CC1. The number of nitrogens with zero attached hydrogens (tertiary/aromatic N) is 2. The van der Waals surface area contributed by atoms with Gasteiger partial charge in [-0.25, -0.2) is 4.79 Å². The van der Waals surface area contributed by atoms with Gasteiger partial charge in [0, 0.05) is 31.9 Å². The summed E-state index contributed by atoms with van der Waals surface area (Å²) in [7, 11) is 0. The van der Waals surface area contributed by atoms with Crippen LogP contribution in [0.4, 0.5) is 10.5 Å². The zero-order valence-electron chi connectivity index (χ0n) is 13.9. The van der Waals surface area contributed by atoms with Gasteiger partial charge >= 0.3 is 12.1 Å². The summed E-state index contributed by atoms with van der Waals surface area (Å²) in [6.45, 7) is 8.28. The van der Waals surface area contributed by atoms with Crippen LogP contribution in [-0.4, -0.2) is 53.8 Å². The standard InChI is InChI=1S/C17H24N2O4/c1-17(2,3)23-16(22)19-10-8-18(9-11-19)14-6-4-13(5-7-14)12-15(20)21/h4-7H,8-12H2,1-3H3,(H,20,21). The number of hydrogen-bond acceptors (Lipinski definition) is 4. The second-order valence-electron chi connectivity index (χ2n) is 6.69. The highest BCUT2D eigenvalue weighted by Crippen LogP contribution is 2.19. The summed E-state index contributed by atoms with van der Waals surface area (Å²) >= 11 is 0. The van der Waals surface area contributed by atoms with Crippen LogP contribution in [0.1, 0.15) is 26.3 Å². The molecule has 0 spiro atoms. The predicted molar refractivity (Wildman–Crippen MR) is 87.8 cm³/mol. The van der Waals surface area contributed by atoms with E-state index in [1.54, 1.807) is 4.90 Å². The highest BCUT2D eigenvalue weighted by atomic mass is 16.6. The van der Waals surface area contributed by atoms with Gasteiger partial charge in [-0.15, -0.1) is 0 Å². The van der Waals surface area contributed by atoms with Crippen LogP contribution in [0, 0.1) is 0 Å². The molecule has 1 aliphatic rings. The first-order valence-electron chi connectivity index (χ1n) is 7.78. The number of amides is 1. The zero-order valence-corrected chi connectivity index (χ0v) is 13.9. The van der Waals surface area contributed by atoms with Gasteiger partial charge in [-0.05, 0) is 38.5 Å². The third kappa shape index (κ3) is 5.16. The maximum absolute atomic E-state index is 12.0. The molecule has 1 aliphatic heterocycles. The first kappa shape index (κ1) is 17.1. The van der Waals surface area contributed by atoms with Crippen LogP contribution in [0.2, 0.25) is 0 Å². The molecule has 0 aromatic heterocycles. The van der Waals surface area contributed by atoms with Gasteiger partial charge in [0.25, 0.3) is 0 Å². The number of piperazine rings is 1. The molecule has 6 heteroatoms. The summed E-state index contributed by atoms with van der Waals surface area (Å²) in [5.74, 6) is -0.830. The molecule has 126 valence electrons. The fourth-order valence-electron chi connectivity index (χ4n) is 2.47. The van der Waals surface area contributed by atoms with Crippen molar-refractivity contribution >= 4 is 17.7 Å². The number of carbonyl (C=O) groups is 2. The summed E-state index contributed by atoms with van der Waals surface area (Å²) < 4.78 is 5.38. The van der Waals surface area contributed by atoms with Crippen LogP contribution in [-0.2, 0) is 16.0 Å². The maximum Gasteiger partial charge on any atom is 0.410 e. The molecule has 0 atom stereocenters. The van der Waals surface area contributed by atoms with E-state index in [-0.39, 0.29) is 12.5 Å². The lowest BCUT2D eigenvalue weighted by atomic mass is 10.1. The lowest BCUT2D eigenvalue weighted by Gasteiger charge is -2.36. The summed E-state index contributed by atoms with van der Waals surface area (Å²) in [4.78, 5) is 26.6. The average molecular weight is 320 g/mol. The number of benzene rings is 1.